The van der Waals surface area contributed by atoms with E-state index in [0.717, 1.165) is 0 Å². The van der Waals surface area contributed by atoms with E-state index < -0.39 is 10.2 Å². The van der Waals surface area contributed by atoms with Gasteiger partial charge in [0.25, 0.3) is 0 Å². The number of hydrogen-bond acceptors (Lipinski definition) is 4. The summed E-state index contributed by atoms with van der Waals surface area (Å²) in [5.41, 5.74) is 0. The van der Waals surface area contributed by atoms with E-state index in [1.165, 1.54) is 107 Å². The third-order valence-electron chi connectivity index (χ3n) is 4.97. The molecular formula is C20H45ClNO4+. The maximum atomic E-state index is 8.60. The molecule has 0 aliphatic heterocycles. The minimum absolute atomic E-state index is 1.19. The molecule has 0 atom stereocenters. The average Bonchev–Trinajstić information content (AvgIpc) is 2.53. The van der Waals surface area contributed by atoms with Gasteiger partial charge in [0.2, 0.25) is 0 Å². The Morgan fingerprint density at radius 2 is 0.885 bits per heavy atom. The summed E-state index contributed by atoms with van der Waals surface area (Å²) < 4.78 is 33.9. The number of rotatable bonds is 16. The van der Waals surface area contributed by atoms with Gasteiger partial charge in [-0.15, -0.1) is 0 Å². The minimum atomic E-state index is -4.69. The number of quaternary nitrogens is 1. The SMILES string of the molecule is CCCCCCCCCCCCCCCC[N+](C)(C)CC.[O-][Cl+3]([O-])([O-])O. The summed E-state index contributed by atoms with van der Waals surface area (Å²) in [5, 5.41) is 0. The Labute approximate surface area is 164 Å². The van der Waals surface area contributed by atoms with Crippen LogP contribution in [0.25, 0.3) is 0 Å². The third kappa shape index (κ3) is 31.8. The van der Waals surface area contributed by atoms with Crippen LogP contribution >= 0.6 is 0 Å². The maximum absolute atomic E-state index is 8.60. The first-order chi connectivity index (χ1) is 12.1. The van der Waals surface area contributed by atoms with Crippen molar-refractivity contribution >= 4 is 0 Å². The molecule has 0 aliphatic rings. The molecule has 5 nitrogen and oxygen atoms in total. The first-order valence-corrected chi connectivity index (χ1v) is 11.8. The maximum Gasteiger partial charge on any atom is 0.0782 e. The fourth-order valence-corrected chi connectivity index (χ4v) is 2.89. The van der Waals surface area contributed by atoms with Gasteiger partial charge in [-0.1, -0.05) is 84.0 Å². The molecule has 0 aromatic carbocycles. The Bertz CT molecular complexity index is 277. The van der Waals surface area contributed by atoms with Crippen LogP contribution in [0.15, 0.2) is 0 Å². The van der Waals surface area contributed by atoms with Crippen LogP contribution in [-0.2, 0) is 0 Å². The predicted octanol–water partition coefficient (Wildman–Crippen LogP) is 2.44. The van der Waals surface area contributed by atoms with Crippen molar-refractivity contribution in [3.8, 4) is 0 Å². The lowest BCUT2D eigenvalue weighted by molar-refractivity contribution is -1.92. The van der Waals surface area contributed by atoms with Gasteiger partial charge in [0.1, 0.15) is 0 Å². The Hall–Kier alpha value is 0.0900. The summed E-state index contributed by atoms with van der Waals surface area (Å²) in [7, 11) is 0.00447. The fraction of sp³-hybridized carbons (Fsp3) is 1.00. The highest BCUT2D eigenvalue weighted by Crippen LogP contribution is 2.13. The Balaban J connectivity index is 0. The molecule has 0 saturated carbocycles. The van der Waals surface area contributed by atoms with Crippen LogP contribution < -0.4 is 14.0 Å². The second-order valence-corrected chi connectivity index (χ2v) is 8.76. The normalized spacial score (nSPS) is 12.0. The topological polar surface area (TPSA) is 89.4 Å². The highest BCUT2D eigenvalue weighted by atomic mass is 35.7. The van der Waals surface area contributed by atoms with Gasteiger partial charge < -0.3 is 4.48 Å². The summed E-state index contributed by atoms with van der Waals surface area (Å²) in [4.78, 5) is 0. The van der Waals surface area contributed by atoms with E-state index >= 15 is 0 Å². The summed E-state index contributed by atoms with van der Waals surface area (Å²) in [6.45, 7) is 7.21. The zero-order chi connectivity index (χ0) is 20.3. The molecular weight excluding hydrogens is 354 g/mol. The van der Waals surface area contributed by atoms with Crippen molar-refractivity contribution in [1.29, 1.82) is 0 Å². The molecule has 160 valence electrons. The fourth-order valence-electron chi connectivity index (χ4n) is 2.89. The third-order valence-corrected chi connectivity index (χ3v) is 4.97. The van der Waals surface area contributed by atoms with Gasteiger partial charge in [-0.2, -0.15) is 14.0 Å². The van der Waals surface area contributed by atoms with Crippen LogP contribution in [0.3, 0.4) is 0 Å². The number of nitrogens with zero attached hydrogens (tertiary/aromatic N) is 1. The largest absolute Gasteiger partial charge is 0.329 e. The molecule has 26 heavy (non-hydrogen) atoms. The van der Waals surface area contributed by atoms with Crippen molar-refractivity contribution in [1.82, 2.24) is 0 Å². The van der Waals surface area contributed by atoms with Crippen molar-refractivity contribution in [2.75, 3.05) is 27.2 Å². The van der Waals surface area contributed by atoms with Crippen LogP contribution in [0.5, 0.6) is 0 Å². The molecule has 0 radical (unpaired) electrons. The number of halogens is 1. The molecule has 6 heteroatoms. The van der Waals surface area contributed by atoms with Crippen LogP contribution in [-0.4, -0.2) is 36.3 Å². The minimum Gasteiger partial charge on any atom is -0.329 e. The van der Waals surface area contributed by atoms with Crippen LogP contribution in [0.4, 0.5) is 0 Å². The molecule has 0 heterocycles. The number of unbranched alkanes of at least 4 members (excludes halogenated alkanes) is 13. The summed E-state index contributed by atoms with van der Waals surface area (Å²) in [5.74, 6) is 0. The van der Waals surface area contributed by atoms with Gasteiger partial charge >= 0.3 is 0 Å². The Morgan fingerprint density at radius 1 is 0.615 bits per heavy atom. The van der Waals surface area contributed by atoms with Crippen LogP contribution in [0, 0.1) is 10.2 Å². The van der Waals surface area contributed by atoms with E-state index in [4.69, 9.17) is 18.6 Å². The summed E-state index contributed by atoms with van der Waals surface area (Å²) >= 11 is 0. The lowest BCUT2D eigenvalue weighted by Gasteiger charge is -2.28. The molecule has 0 unspecified atom stereocenters. The first-order valence-electron chi connectivity index (χ1n) is 10.6. The van der Waals surface area contributed by atoms with Crippen molar-refractivity contribution in [3.05, 3.63) is 0 Å². The smallest absolute Gasteiger partial charge is 0.0782 e. The molecule has 0 aromatic rings. The lowest BCUT2D eigenvalue weighted by atomic mass is 10.0. The van der Waals surface area contributed by atoms with Crippen LogP contribution in [0.2, 0.25) is 0 Å². The van der Waals surface area contributed by atoms with Crippen molar-refractivity contribution in [3.63, 3.8) is 0 Å². The van der Waals surface area contributed by atoms with Gasteiger partial charge in [0.05, 0.1) is 42.1 Å². The van der Waals surface area contributed by atoms with Gasteiger partial charge in [-0.05, 0) is 19.8 Å². The highest BCUT2D eigenvalue weighted by Gasteiger charge is 2.09. The molecule has 0 spiro atoms. The zero-order valence-electron chi connectivity index (χ0n) is 17.8. The lowest BCUT2D eigenvalue weighted by Crippen LogP contribution is -2.58. The average molecular weight is 399 g/mol. The molecule has 0 amide bonds. The van der Waals surface area contributed by atoms with Gasteiger partial charge in [0, 0.05) is 0 Å². The number of hydrogen-bond donors (Lipinski definition) is 1. The first kappa shape index (κ1) is 28.3. The van der Waals surface area contributed by atoms with Crippen LogP contribution in [0.1, 0.15) is 104 Å². The quantitative estimate of drug-likeness (QED) is 0.319. The molecule has 0 bridgehead atoms. The Morgan fingerprint density at radius 3 is 1.15 bits per heavy atom. The molecule has 1 N–H and O–H groups in total. The van der Waals surface area contributed by atoms with Crippen molar-refractivity contribution in [2.24, 2.45) is 0 Å². The van der Waals surface area contributed by atoms with Gasteiger partial charge in [0.15, 0.2) is 0 Å². The molecule has 0 rings (SSSR count). The van der Waals surface area contributed by atoms with E-state index in [1.54, 1.807) is 0 Å². The van der Waals surface area contributed by atoms with Gasteiger partial charge in [-0.3, -0.25) is 0 Å². The van der Waals surface area contributed by atoms with E-state index in [0.29, 0.717) is 0 Å². The zero-order valence-corrected chi connectivity index (χ0v) is 18.6. The van der Waals surface area contributed by atoms with E-state index in [1.807, 2.05) is 0 Å². The Kier molecular flexibility index (Phi) is 20.1. The molecule has 0 fully saturated rings. The van der Waals surface area contributed by atoms with Crippen molar-refractivity contribution < 1.29 is 33.4 Å². The second-order valence-electron chi connectivity index (χ2n) is 7.97. The monoisotopic (exact) mass is 398 g/mol. The van der Waals surface area contributed by atoms with E-state index in [-0.39, 0.29) is 0 Å². The highest BCUT2D eigenvalue weighted by molar-refractivity contribution is 4.49. The standard InChI is InChI=1S/C20H44N.ClHO4/c1-5-7-8-9-10-11-12-13-14-15-16-17-18-19-20-21(3,4)6-2;2-1(3,4)5/h5-20H2,1-4H3;(H,2,3,4,5)/q+1;. The van der Waals surface area contributed by atoms with E-state index in [9.17, 15) is 0 Å². The van der Waals surface area contributed by atoms with Gasteiger partial charge in [-0.25, -0.2) is 0 Å². The van der Waals surface area contributed by atoms with Crippen molar-refractivity contribution in [2.45, 2.75) is 104 Å². The summed E-state index contributed by atoms with van der Waals surface area (Å²) in [6, 6.07) is 0. The van der Waals surface area contributed by atoms with E-state index in [2.05, 4.69) is 27.9 Å². The summed E-state index contributed by atoms with van der Waals surface area (Å²) in [6.07, 6.45) is 20.4. The predicted molar refractivity (Wildman–Crippen MR) is 100 cm³/mol. The molecule has 0 aromatic heterocycles. The molecule has 0 aliphatic carbocycles. The second kappa shape index (κ2) is 18.5. The molecule has 0 saturated heterocycles.